The molecule has 1 saturated carbocycles. The van der Waals surface area contributed by atoms with E-state index in [9.17, 15) is 5.11 Å². The van der Waals surface area contributed by atoms with Crippen molar-refractivity contribution in [2.45, 2.75) is 31.5 Å². The van der Waals surface area contributed by atoms with Crippen molar-refractivity contribution < 1.29 is 9.84 Å². The van der Waals surface area contributed by atoms with Gasteiger partial charge >= 0.3 is 0 Å². The Hall–Kier alpha value is -0.440. The molecule has 0 heterocycles. The first-order valence-corrected chi connectivity index (χ1v) is 5.72. The zero-order valence-corrected chi connectivity index (χ0v) is 9.63. The number of halogens is 2. The van der Waals surface area contributed by atoms with Gasteiger partial charge in [0.25, 0.3) is 0 Å². The molecular weight excluding hydrogens is 235 g/mol. The molecule has 82 valence electrons. The van der Waals surface area contributed by atoms with Crippen LogP contribution in [0, 0.1) is 0 Å². The summed E-state index contributed by atoms with van der Waals surface area (Å²) in [4.78, 5) is 0. The second-order valence-corrected chi connectivity index (χ2v) is 4.54. The molecule has 0 radical (unpaired) electrons. The predicted molar refractivity (Wildman–Crippen MR) is 60.7 cm³/mol. The summed E-state index contributed by atoms with van der Waals surface area (Å²) in [6, 6.07) is 5.13. The molecule has 0 bridgehead atoms. The summed E-state index contributed by atoms with van der Waals surface area (Å²) < 4.78 is 5.63. The summed E-state index contributed by atoms with van der Waals surface area (Å²) in [6.45, 7) is 0. The van der Waals surface area contributed by atoms with Crippen LogP contribution in [0.4, 0.5) is 0 Å². The van der Waals surface area contributed by atoms with Crippen molar-refractivity contribution in [3.63, 3.8) is 0 Å². The van der Waals surface area contributed by atoms with Gasteiger partial charge in [-0.25, -0.2) is 0 Å². The highest BCUT2D eigenvalue weighted by Crippen LogP contribution is 2.29. The molecule has 0 saturated heterocycles. The summed E-state index contributed by atoms with van der Waals surface area (Å²) in [5, 5.41) is 10.6. The van der Waals surface area contributed by atoms with E-state index >= 15 is 0 Å². The molecule has 0 amide bonds. The molecule has 1 N–H and O–H groups in total. The molecule has 0 aromatic heterocycles. The van der Waals surface area contributed by atoms with Gasteiger partial charge in [-0.1, -0.05) is 23.2 Å². The van der Waals surface area contributed by atoms with Gasteiger partial charge in [0.05, 0.1) is 16.1 Å². The lowest BCUT2D eigenvalue weighted by Gasteiger charge is -2.17. The Labute approximate surface area is 98.8 Å². The monoisotopic (exact) mass is 246 g/mol. The van der Waals surface area contributed by atoms with E-state index < -0.39 is 0 Å². The summed E-state index contributed by atoms with van der Waals surface area (Å²) in [5.41, 5.74) is 0. The Morgan fingerprint density at radius 2 is 2.00 bits per heavy atom. The summed E-state index contributed by atoms with van der Waals surface area (Å²) in [6.07, 6.45) is 2.24. The van der Waals surface area contributed by atoms with Gasteiger partial charge in [0, 0.05) is 6.07 Å². The standard InChI is InChI=1S/C11H12Cl2O2/c12-8-5-4-7(6-9(8)13)15-11-3-1-2-10(11)14/h4-6,10-11,14H,1-3H2. The molecule has 2 nitrogen and oxygen atoms in total. The molecule has 0 spiro atoms. The highest BCUT2D eigenvalue weighted by Gasteiger charge is 2.26. The summed E-state index contributed by atoms with van der Waals surface area (Å²) >= 11 is 11.7. The quantitative estimate of drug-likeness (QED) is 0.868. The van der Waals surface area contributed by atoms with Gasteiger partial charge in [0.15, 0.2) is 0 Å². The van der Waals surface area contributed by atoms with Crippen molar-refractivity contribution in [3.8, 4) is 5.75 Å². The van der Waals surface area contributed by atoms with Crippen LogP contribution in [0.25, 0.3) is 0 Å². The molecule has 2 unspecified atom stereocenters. The van der Waals surface area contributed by atoms with Gasteiger partial charge in [0.2, 0.25) is 0 Å². The number of hydrogen-bond donors (Lipinski definition) is 1. The first kappa shape index (κ1) is 11.1. The molecule has 0 aliphatic heterocycles. The molecule has 1 aliphatic rings. The molecule has 1 aromatic carbocycles. The Balaban J connectivity index is 2.07. The Morgan fingerprint density at radius 1 is 1.20 bits per heavy atom. The molecular formula is C11H12Cl2O2. The van der Waals surface area contributed by atoms with Crippen LogP contribution in [0.3, 0.4) is 0 Å². The lowest BCUT2D eigenvalue weighted by molar-refractivity contribution is 0.0604. The lowest BCUT2D eigenvalue weighted by atomic mass is 10.2. The number of aliphatic hydroxyl groups excluding tert-OH is 1. The number of aliphatic hydroxyl groups is 1. The van der Waals surface area contributed by atoms with Crippen molar-refractivity contribution in [2.75, 3.05) is 0 Å². The van der Waals surface area contributed by atoms with Crippen LogP contribution in [0.15, 0.2) is 18.2 Å². The van der Waals surface area contributed by atoms with Gasteiger partial charge < -0.3 is 9.84 Å². The first-order valence-electron chi connectivity index (χ1n) is 4.96. The topological polar surface area (TPSA) is 29.5 Å². The van der Waals surface area contributed by atoms with E-state index in [0.717, 1.165) is 19.3 Å². The van der Waals surface area contributed by atoms with Crippen molar-refractivity contribution in [2.24, 2.45) is 0 Å². The van der Waals surface area contributed by atoms with E-state index in [2.05, 4.69) is 0 Å². The molecule has 1 aromatic rings. The fraction of sp³-hybridized carbons (Fsp3) is 0.455. The van der Waals surface area contributed by atoms with Crippen LogP contribution in [-0.2, 0) is 0 Å². The zero-order chi connectivity index (χ0) is 10.8. The maximum atomic E-state index is 9.59. The molecule has 4 heteroatoms. The molecule has 2 rings (SSSR count). The van der Waals surface area contributed by atoms with E-state index in [1.165, 1.54) is 0 Å². The normalized spacial score (nSPS) is 25.5. The van der Waals surface area contributed by atoms with Crippen LogP contribution in [0.2, 0.25) is 10.0 Å². The van der Waals surface area contributed by atoms with Crippen LogP contribution in [-0.4, -0.2) is 17.3 Å². The zero-order valence-electron chi connectivity index (χ0n) is 8.12. The van der Waals surface area contributed by atoms with Crippen molar-refractivity contribution in [1.29, 1.82) is 0 Å². The smallest absolute Gasteiger partial charge is 0.124 e. The average Bonchev–Trinajstić information content (AvgIpc) is 2.59. The first-order chi connectivity index (χ1) is 7.16. The maximum Gasteiger partial charge on any atom is 0.124 e. The largest absolute Gasteiger partial charge is 0.488 e. The number of hydrogen-bond acceptors (Lipinski definition) is 2. The van der Waals surface area contributed by atoms with E-state index in [4.69, 9.17) is 27.9 Å². The van der Waals surface area contributed by atoms with E-state index in [-0.39, 0.29) is 12.2 Å². The van der Waals surface area contributed by atoms with E-state index in [0.29, 0.717) is 15.8 Å². The number of benzene rings is 1. The maximum absolute atomic E-state index is 9.59. The molecule has 1 fully saturated rings. The van der Waals surface area contributed by atoms with Crippen LogP contribution < -0.4 is 4.74 Å². The Kier molecular flexibility index (Phi) is 3.39. The molecule has 1 aliphatic carbocycles. The van der Waals surface area contributed by atoms with Gasteiger partial charge in [0.1, 0.15) is 11.9 Å². The average molecular weight is 247 g/mol. The van der Waals surface area contributed by atoms with E-state index in [1.807, 2.05) is 0 Å². The van der Waals surface area contributed by atoms with E-state index in [1.54, 1.807) is 18.2 Å². The van der Waals surface area contributed by atoms with Crippen molar-refractivity contribution >= 4 is 23.2 Å². The third-order valence-corrected chi connectivity index (χ3v) is 3.34. The predicted octanol–water partition coefficient (Wildman–Crippen LogP) is 3.29. The van der Waals surface area contributed by atoms with Gasteiger partial charge in [-0.15, -0.1) is 0 Å². The van der Waals surface area contributed by atoms with Crippen molar-refractivity contribution in [3.05, 3.63) is 28.2 Å². The number of ether oxygens (including phenoxy) is 1. The minimum absolute atomic E-state index is 0.109. The highest BCUT2D eigenvalue weighted by atomic mass is 35.5. The van der Waals surface area contributed by atoms with Crippen molar-refractivity contribution in [1.82, 2.24) is 0 Å². The van der Waals surface area contributed by atoms with Gasteiger partial charge in [-0.3, -0.25) is 0 Å². The van der Waals surface area contributed by atoms with Crippen LogP contribution >= 0.6 is 23.2 Å². The third-order valence-electron chi connectivity index (χ3n) is 2.60. The second-order valence-electron chi connectivity index (χ2n) is 3.73. The lowest BCUT2D eigenvalue weighted by Crippen LogP contribution is -2.25. The fourth-order valence-corrected chi connectivity index (χ4v) is 2.06. The number of rotatable bonds is 2. The fourth-order valence-electron chi connectivity index (χ4n) is 1.77. The van der Waals surface area contributed by atoms with Crippen LogP contribution in [0.1, 0.15) is 19.3 Å². The third kappa shape index (κ3) is 2.57. The second kappa shape index (κ2) is 4.60. The van der Waals surface area contributed by atoms with Gasteiger partial charge in [-0.2, -0.15) is 0 Å². The molecule has 2 atom stereocenters. The highest BCUT2D eigenvalue weighted by molar-refractivity contribution is 6.42. The minimum atomic E-state index is -0.362. The van der Waals surface area contributed by atoms with Crippen LogP contribution in [0.5, 0.6) is 5.75 Å². The Bertz CT molecular complexity index is 354. The Morgan fingerprint density at radius 3 is 2.60 bits per heavy atom. The summed E-state index contributed by atoms with van der Waals surface area (Å²) in [7, 11) is 0. The summed E-state index contributed by atoms with van der Waals surface area (Å²) in [5.74, 6) is 0.662. The van der Waals surface area contributed by atoms with Gasteiger partial charge in [-0.05, 0) is 31.4 Å². The minimum Gasteiger partial charge on any atom is -0.488 e. The molecule has 15 heavy (non-hydrogen) atoms. The SMILES string of the molecule is OC1CCCC1Oc1ccc(Cl)c(Cl)c1.